The first-order valence-corrected chi connectivity index (χ1v) is 15.1. The second-order valence-electron chi connectivity index (χ2n) is 9.58. The highest BCUT2D eigenvalue weighted by Crippen LogP contribution is 2.57. The maximum absolute atomic E-state index is 12.3. The van der Waals surface area contributed by atoms with Gasteiger partial charge in [-0.3, -0.25) is 14.7 Å². The molecule has 5 nitrogen and oxygen atoms in total. The van der Waals surface area contributed by atoms with Crippen LogP contribution in [0.3, 0.4) is 0 Å². The lowest BCUT2D eigenvalue weighted by atomic mass is 9.77. The van der Waals surface area contributed by atoms with Gasteiger partial charge in [-0.1, -0.05) is 91.0 Å². The monoisotopic (exact) mass is 491 g/mol. The average molecular weight is 492 g/mol. The molecule has 0 aromatic heterocycles. The minimum absolute atomic E-state index is 0.0690. The van der Waals surface area contributed by atoms with Crippen LogP contribution in [-0.4, -0.2) is 54.9 Å². The van der Waals surface area contributed by atoms with Gasteiger partial charge < -0.3 is 0 Å². The summed E-state index contributed by atoms with van der Waals surface area (Å²) in [5, 5.41) is 0. The highest BCUT2D eigenvalue weighted by Gasteiger charge is 2.62. The van der Waals surface area contributed by atoms with Crippen molar-refractivity contribution in [3.8, 4) is 0 Å². The van der Waals surface area contributed by atoms with Crippen molar-refractivity contribution in [3.05, 3.63) is 108 Å². The summed E-state index contributed by atoms with van der Waals surface area (Å²) in [4.78, 5) is 7.72. The van der Waals surface area contributed by atoms with Gasteiger partial charge in [0, 0.05) is 37.1 Å². The van der Waals surface area contributed by atoms with E-state index in [0.29, 0.717) is 17.7 Å². The number of hydrogen-bond acceptors (Lipinski definition) is 6. The van der Waals surface area contributed by atoms with Gasteiger partial charge in [0.1, 0.15) is 5.66 Å². The van der Waals surface area contributed by atoms with Crippen LogP contribution in [0, 0.1) is 5.92 Å². The molecule has 0 spiro atoms. The highest BCUT2D eigenvalue weighted by atomic mass is 33.1. The Morgan fingerprint density at radius 3 is 2.06 bits per heavy atom. The number of benzene rings is 3. The predicted molar refractivity (Wildman–Crippen MR) is 137 cm³/mol. The zero-order valence-corrected chi connectivity index (χ0v) is 20.8. The van der Waals surface area contributed by atoms with E-state index in [-0.39, 0.29) is 6.17 Å². The third kappa shape index (κ3) is 3.62. The molecule has 0 radical (unpaired) electrons. The van der Waals surface area contributed by atoms with Gasteiger partial charge >= 0.3 is 0 Å². The molecule has 7 heteroatoms. The zero-order valence-electron chi connectivity index (χ0n) is 19.2. The Balaban J connectivity index is 1.51. The summed E-state index contributed by atoms with van der Waals surface area (Å²) in [6.45, 7) is 2.67. The SMILES string of the molecule is CS(=O)(=O)SCC1(c2ccccc2)N2CC3CN1C(c1ccccc1)N(C2)C3c1ccccc1. The first kappa shape index (κ1) is 22.3. The average Bonchev–Trinajstić information content (AvgIpc) is 2.85. The van der Waals surface area contributed by atoms with Crippen LogP contribution in [0.15, 0.2) is 91.0 Å². The van der Waals surface area contributed by atoms with E-state index in [1.807, 2.05) is 6.07 Å². The van der Waals surface area contributed by atoms with E-state index >= 15 is 0 Å². The molecule has 4 fully saturated rings. The second kappa shape index (κ2) is 8.50. The normalized spacial score (nSPS) is 34.3. The Morgan fingerprint density at radius 2 is 1.44 bits per heavy atom. The summed E-state index contributed by atoms with van der Waals surface area (Å²) in [5.74, 6) is 0.937. The van der Waals surface area contributed by atoms with E-state index in [0.717, 1.165) is 30.6 Å². The van der Waals surface area contributed by atoms with Crippen molar-refractivity contribution < 1.29 is 8.42 Å². The number of hydrogen-bond donors (Lipinski definition) is 0. The van der Waals surface area contributed by atoms with E-state index in [2.05, 4.69) is 99.6 Å². The molecule has 3 aromatic rings. The first-order valence-electron chi connectivity index (χ1n) is 11.7. The van der Waals surface area contributed by atoms with Crippen LogP contribution in [0.25, 0.3) is 0 Å². The van der Waals surface area contributed by atoms with Crippen molar-refractivity contribution in [2.45, 2.75) is 17.9 Å². The third-order valence-electron chi connectivity index (χ3n) is 7.58. The second-order valence-corrected chi connectivity index (χ2v) is 14.0. The predicted octanol–water partition coefficient (Wildman–Crippen LogP) is 4.49. The molecule has 7 rings (SSSR count). The molecule has 34 heavy (non-hydrogen) atoms. The van der Waals surface area contributed by atoms with E-state index < -0.39 is 14.5 Å². The fourth-order valence-electron chi connectivity index (χ4n) is 6.33. The van der Waals surface area contributed by atoms with Gasteiger partial charge in [-0.25, -0.2) is 8.42 Å². The molecule has 0 N–H and O–H groups in total. The highest BCUT2D eigenvalue weighted by molar-refractivity contribution is 8.71. The first-order chi connectivity index (χ1) is 16.5. The molecule has 4 aliphatic rings. The smallest absolute Gasteiger partial charge is 0.198 e. The van der Waals surface area contributed by atoms with Crippen molar-refractivity contribution in [1.82, 2.24) is 14.7 Å². The van der Waals surface area contributed by atoms with Crippen LogP contribution in [0.4, 0.5) is 0 Å². The van der Waals surface area contributed by atoms with Crippen LogP contribution >= 0.6 is 10.8 Å². The summed E-state index contributed by atoms with van der Waals surface area (Å²) in [6.07, 6.45) is 1.39. The van der Waals surface area contributed by atoms with Gasteiger partial charge in [-0.05, 0) is 27.5 Å². The van der Waals surface area contributed by atoms with Crippen molar-refractivity contribution >= 4 is 19.7 Å². The Morgan fingerprint density at radius 1 is 0.853 bits per heavy atom. The zero-order chi connectivity index (χ0) is 23.3. The summed E-state index contributed by atoms with van der Waals surface area (Å²) < 4.78 is 24.7. The van der Waals surface area contributed by atoms with Gasteiger partial charge in [0.2, 0.25) is 0 Å². The molecular formula is C27H29N3O2S2. The van der Waals surface area contributed by atoms with Gasteiger partial charge in [-0.2, -0.15) is 0 Å². The molecule has 4 bridgehead atoms. The quantitative estimate of drug-likeness (QED) is 0.474. The van der Waals surface area contributed by atoms with E-state index in [9.17, 15) is 8.42 Å². The molecule has 0 aliphatic carbocycles. The minimum Gasteiger partial charge on any atom is -0.267 e. The molecule has 0 saturated carbocycles. The Kier molecular flexibility index (Phi) is 5.58. The fourth-order valence-corrected chi connectivity index (χ4v) is 8.36. The van der Waals surface area contributed by atoms with Crippen molar-refractivity contribution in [2.75, 3.05) is 31.8 Å². The van der Waals surface area contributed by atoms with E-state index in [1.54, 1.807) is 0 Å². The third-order valence-corrected chi connectivity index (χ3v) is 10.2. The minimum atomic E-state index is -3.19. The van der Waals surface area contributed by atoms with E-state index in [1.165, 1.54) is 22.9 Å². The van der Waals surface area contributed by atoms with Crippen LogP contribution in [0.1, 0.15) is 28.9 Å². The Labute approximate surface area is 205 Å². The molecule has 7 atom stereocenters. The van der Waals surface area contributed by atoms with Crippen LogP contribution < -0.4 is 0 Å². The number of nitrogens with zero attached hydrogens (tertiary/aromatic N) is 3. The maximum Gasteiger partial charge on any atom is 0.198 e. The molecule has 7 unspecified atom stereocenters. The largest absolute Gasteiger partial charge is 0.267 e. The topological polar surface area (TPSA) is 43.9 Å². The molecular weight excluding hydrogens is 462 g/mol. The molecule has 4 saturated heterocycles. The fraction of sp³-hybridized carbons (Fsp3) is 0.333. The molecule has 4 aliphatic heterocycles. The molecule has 0 amide bonds. The molecule has 3 aromatic carbocycles. The van der Waals surface area contributed by atoms with Crippen LogP contribution in [0.5, 0.6) is 0 Å². The molecule has 4 heterocycles. The van der Waals surface area contributed by atoms with Crippen molar-refractivity contribution in [2.24, 2.45) is 5.92 Å². The molecule has 176 valence electrons. The van der Waals surface area contributed by atoms with Crippen LogP contribution in [0.2, 0.25) is 0 Å². The Bertz CT molecular complexity index is 1260. The lowest BCUT2D eigenvalue weighted by molar-refractivity contribution is -0.285. The summed E-state index contributed by atoms with van der Waals surface area (Å²) >= 11 is 0. The van der Waals surface area contributed by atoms with Gasteiger partial charge in [0.15, 0.2) is 8.87 Å². The van der Waals surface area contributed by atoms with Crippen molar-refractivity contribution in [1.29, 1.82) is 0 Å². The summed E-state index contributed by atoms with van der Waals surface area (Å²) in [6, 6.07) is 32.4. The lowest BCUT2D eigenvalue weighted by Gasteiger charge is -2.71. The van der Waals surface area contributed by atoms with Gasteiger partial charge in [-0.15, -0.1) is 0 Å². The maximum atomic E-state index is 12.3. The van der Waals surface area contributed by atoms with Crippen molar-refractivity contribution in [3.63, 3.8) is 0 Å². The van der Waals surface area contributed by atoms with Crippen LogP contribution in [-0.2, 0) is 14.5 Å². The number of rotatable bonds is 6. The van der Waals surface area contributed by atoms with E-state index in [4.69, 9.17) is 0 Å². The Hall–Kier alpha value is -2.16. The standard InChI is InChI=1S/C27H29N3O2S2/c1-34(31,32)33-19-27(24-15-9-4-10-16-24)28-17-23-18-30(27)26(22-13-7-3-8-14-22)29(20-28)25(23)21-11-5-2-6-12-21/h2-16,23,25-26H,17-20H2,1H3. The lowest BCUT2D eigenvalue weighted by Crippen LogP contribution is -2.78. The van der Waals surface area contributed by atoms with Gasteiger partial charge in [0.05, 0.1) is 12.8 Å². The van der Waals surface area contributed by atoms with Gasteiger partial charge in [0.25, 0.3) is 0 Å². The summed E-state index contributed by atoms with van der Waals surface area (Å²) in [5.41, 5.74) is 3.31. The summed E-state index contributed by atoms with van der Waals surface area (Å²) in [7, 11) is -2.12.